The number of rotatable bonds is 4. The number of aromatic nitrogens is 1. The van der Waals surface area contributed by atoms with Crippen molar-refractivity contribution in [1.29, 1.82) is 0 Å². The van der Waals surface area contributed by atoms with Crippen LogP contribution in [-0.2, 0) is 20.9 Å². The van der Waals surface area contributed by atoms with Gasteiger partial charge in [-0.15, -0.1) is 0 Å². The van der Waals surface area contributed by atoms with Crippen LogP contribution >= 0.6 is 0 Å². The van der Waals surface area contributed by atoms with Gasteiger partial charge in [0.05, 0.1) is 6.61 Å². The molecule has 6 heteroatoms. The highest BCUT2D eigenvalue weighted by Crippen LogP contribution is 2.13. The van der Waals surface area contributed by atoms with Gasteiger partial charge in [-0.05, 0) is 6.92 Å². The number of carbonyl (C=O) groups excluding carboxylic acids is 2. The maximum atomic E-state index is 11.4. The van der Waals surface area contributed by atoms with Crippen LogP contribution in [0.15, 0.2) is 4.42 Å². The Morgan fingerprint density at radius 1 is 1.38 bits per heavy atom. The Bertz CT molecular complexity index is 396. The summed E-state index contributed by atoms with van der Waals surface area (Å²) in [6.07, 6.45) is 0. The summed E-state index contributed by atoms with van der Waals surface area (Å²) >= 11 is 0. The Labute approximate surface area is 92.6 Å². The molecule has 0 unspecified atom stereocenters. The van der Waals surface area contributed by atoms with Gasteiger partial charge in [0.15, 0.2) is 24.0 Å². The predicted octanol–water partition coefficient (Wildman–Crippen LogP) is 1.22. The molecule has 0 fully saturated rings. The van der Waals surface area contributed by atoms with Crippen molar-refractivity contribution in [3.63, 3.8) is 0 Å². The van der Waals surface area contributed by atoms with Gasteiger partial charge >= 0.3 is 11.9 Å². The van der Waals surface area contributed by atoms with Crippen LogP contribution in [0.1, 0.15) is 36.0 Å². The maximum Gasteiger partial charge on any atom is 0.360 e. The average molecular weight is 227 g/mol. The third kappa shape index (κ3) is 3.08. The van der Waals surface area contributed by atoms with E-state index in [2.05, 4.69) is 4.98 Å². The zero-order chi connectivity index (χ0) is 12.1. The minimum absolute atomic E-state index is 0.0561. The van der Waals surface area contributed by atoms with Crippen LogP contribution in [0, 0.1) is 6.92 Å². The molecule has 0 saturated carbocycles. The summed E-state index contributed by atoms with van der Waals surface area (Å²) < 4.78 is 14.7. The van der Waals surface area contributed by atoms with Crippen LogP contribution in [0.2, 0.25) is 0 Å². The second-order valence-corrected chi connectivity index (χ2v) is 3.01. The summed E-state index contributed by atoms with van der Waals surface area (Å²) in [6.45, 7) is 4.69. The highest BCUT2D eigenvalue weighted by Gasteiger charge is 2.20. The molecule has 1 heterocycles. The van der Waals surface area contributed by atoms with Gasteiger partial charge in [0.25, 0.3) is 0 Å². The molecule has 88 valence electrons. The fourth-order valence-electron chi connectivity index (χ4n) is 1.09. The van der Waals surface area contributed by atoms with Gasteiger partial charge in [-0.25, -0.2) is 9.78 Å². The van der Waals surface area contributed by atoms with Crippen molar-refractivity contribution in [1.82, 2.24) is 4.98 Å². The summed E-state index contributed by atoms with van der Waals surface area (Å²) in [5, 5.41) is 0. The van der Waals surface area contributed by atoms with E-state index < -0.39 is 11.9 Å². The Morgan fingerprint density at radius 3 is 2.62 bits per heavy atom. The van der Waals surface area contributed by atoms with Crippen LogP contribution in [0.5, 0.6) is 0 Å². The maximum absolute atomic E-state index is 11.4. The molecule has 0 saturated heterocycles. The smallest absolute Gasteiger partial charge is 0.360 e. The molecule has 0 amide bonds. The number of carbonyl (C=O) groups is 2. The van der Waals surface area contributed by atoms with Gasteiger partial charge in [0.1, 0.15) is 0 Å². The van der Waals surface area contributed by atoms with Gasteiger partial charge < -0.3 is 13.9 Å². The molecule has 0 aliphatic heterocycles. The van der Waals surface area contributed by atoms with Crippen LogP contribution < -0.4 is 0 Å². The Balaban J connectivity index is 2.82. The highest BCUT2D eigenvalue weighted by molar-refractivity contribution is 5.88. The molecule has 0 radical (unpaired) electrons. The SMILES string of the molecule is CCOC(=O)c1nc(C)oc1COC(C)=O. The van der Waals surface area contributed by atoms with E-state index in [9.17, 15) is 9.59 Å². The number of aryl methyl sites for hydroxylation is 1. The number of ether oxygens (including phenoxy) is 2. The minimum atomic E-state index is -0.582. The lowest BCUT2D eigenvalue weighted by atomic mass is 10.3. The molecule has 0 bridgehead atoms. The third-order valence-electron chi connectivity index (χ3n) is 1.68. The van der Waals surface area contributed by atoms with E-state index in [1.165, 1.54) is 6.92 Å². The number of hydrogen-bond acceptors (Lipinski definition) is 6. The molecular weight excluding hydrogens is 214 g/mol. The van der Waals surface area contributed by atoms with Crippen molar-refractivity contribution >= 4 is 11.9 Å². The number of hydrogen-bond donors (Lipinski definition) is 0. The van der Waals surface area contributed by atoms with Crippen molar-refractivity contribution in [2.75, 3.05) is 6.61 Å². The Morgan fingerprint density at radius 2 is 2.06 bits per heavy atom. The quantitative estimate of drug-likeness (QED) is 0.719. The normalized spacial score (nSPS) is 9.94. The predicted molar refractivity (Wildman–Crippen MR) is 52.7 cm³/mol. The van der Waals surface area contributed by atoms with Gasteiger partial charge in [0.2, 0.25) is 0 Å². The first-order valence-corrected chi connectivity index (χ1v) is 4.81. The molecule has 16 heavy (non-hydrogen) atoms. The van der Waals surface area contributed by atoms with Crippen LogP contribution in [-0.4, -0.2) is 23.5 Å². The zero-order valence-electron chi connectivity index (χ0n) is 9.40. The summed E-state index contributed by atoms with van der Waals surface area (Å²) in [6, 6.07) is 0. The summed E-state index contributed by atoms with van der Waals surface area (Å²) in [4.78, 5) is 25.9. The largest absolute Gasteiger partial charge is 0.461 e. The highest BCUT2D eigenvalue weighted by atomic mass is 16.5. The number of oxazole rings is 1. The van der Waals surface area contributed by atoms with E-state index in [0.717, 1.165) is 0 Å². The lowest BCUT2D eigenvalue weighted by molar-refractivity contribution is -0.142. The average Bonchev–Trinajstić information content (AvgIpc) is 2.57. The topological polar surface area (TPSA) is 78.6 Å². The molecular formula is C10H13NO5. The van der Waals surface area contributed by atoms with Gasteiger partial charge in [-0.3, -0.25) is 4.79 Å². The number of nitrogens with zero attached hydrogens (tertiary/aromatic N) is 1. The van der Waals surface area contributed by atoms with E-state index in [0.29, 0.717) is 5.89 Å². The van der Waals surface area contributed by atoms with Crippen molar-refractivity contribution < 1.29 is 23.5 Å². The van der Waals surface area contributed by atoms with Crippen molar-refractivity contribution in [3.05, 3.63) is 17.3 Å². The van der Waals surface area contributed by atoms with E-state index in [1.807, 2.05) is 0 Å². The van der Waals surface area contributed by atoms with Crippen LogP contribution in [0.25, 0.3) is 0 Å². The standard InChI is InChI=1S/C10H13NO5/c1-4-14-10(13)9-8(5-15-7(3)12)16-6(2)11-9/h4-5H2,1-3H3. The Kier molecular flexibility index (Phi) is 4.04. The monoisotopic (exact) mass is 227 g/mol. The fourth-order valence-corrected chi connectivity index (χ4v) is 1.09. The molecule has 1 aromatic rings. The van der Waals surface area contributed by atoms with Crippen molar-refractivity contribution in [3.8, 4) is 0 Å². The summed E-state index contributed by atoms with van der Waals surface area (Å²) in [5.74, 6) is -0.512. The molecule has 0 aliphatic carbocycles. The van der Waals surface area contributed by atoms with Crippen molar-refractivity contribution in [2.45, 2.75) is 27.4 Å². The third-order valence-corrected chi connectivity index (χ3v) is 1.68. The molecule has 0 aromatic carbocycles. The second kappa shape index (κ2) is 5.29. The van der Waals surface area contributed by atoms with Gasteiger partial charge in [-0.2, -0.15) is 0 Å². The molecule has 6 nitrogen and oxygen atoms in total. The van der Waals surface area contributed by atoms with E-state index >= 15 is 0 Å². The summed E-state index contributed by atoms with van der Waals surface area (Å²) in [5.41, 5.74) is 0.0561. The lowest BCUT2D eigenvalue weighted by Crippen LogP contribution is -2.09. The van der Waals surface area contributed by atoms with E-state index in [1.54, 1.807) is 13.8 Å². The first-order valence-electron chi connectivity index (χ1n) is 4.81. The first-order chi connectivity index (χ1) is 7.54. The minimum Gasteiger partial charge on any atom is -0.461 e. The van der Waals surface area contributed by atoms with E-state index in [-0.39, 0.29) is 24.7 Å². The number of esters is 2. The second-order valence-electron chi connectivity index (χ2n) is 3.01. The van der Waals surface area contributed by atoms with Crippen LogP contribution in [0.4, 0.5) is 0 Å². The molecule has 0 spiro atoms. The molecule has 0 aliphatic rings. The first kappa shape index (κ1) is 12.2. The molecule has 0 atom stereocenters. The van der Waals surface area contributed by atoms with Crippen LogP contribution in [0.3, 0.4) is 0 Å². The zero-order valence-corrected chi connectivity index (χ0v) is 9.40. The van der Waals surface area contributed by atoms with Gasteiger partial charge in [0, 0.05) is 13.8 Å². The fraction of sp³-hybridized carbons (Fsp3) is 0.500. The summed E-state index contributed by atoms with van der Waals surface area (Å²) in [7, 11) is 0. The van der Waals surface area contributed by atoms with Gasteiger partial charge in [-0.1, -0.05) is 0 Å². The molecule has 1 rings (SSSR count). The Hall–Kier alpha value is -1.85. The van der Waals surface area contributed by atoms with E-state index in [4.69, 9.17) is 13.9 Å². The molecule has 0 N–H and O–H groups in total. The molecule has 1 aromatic heterocycles. The van der Waals surface area contributed by atoms with Crippen molar-refractivity contribution in [2.24, 2.45) is 0 Å². The lowest BCUT2D eigenvalue weighted by Gasteiger charge is -2.01.